The number of nitrogens with zero attached hydrogens (tertiary/aromatic N) is 5. The minimum absolute atomic E-state index is 0.0302. The van der Waals surface area contributed by atoms with E-state index in [9.17, 15) is 15.0 Å². The topological polar surface area (TPSA) is 135 Å². The first-order chi connectivity index (χ1) is 24.9. The molecule has 52 heavy (non-hydrogen) atoms. The van der Waals surface area contributed by atoms with Crippen molar-refractivity contribution in [2.75, 3.05) is 12.4 Å². The number of aliphatic hydroxyl groups is 1. The highest BCUT2D eigenvalue weighted by Crippen LogP contribution is 2.72. The van der Waals surface area contributed by atoms with Gasteiger partial charge in [-0.2, -0.15) is 5.10 Å². The molecule has 11 heteroatoms. The van der Waals surface area contributed by atoms with Crippen LogP contribution in [0.2, 0.25) is 0 Å². The molecule has 266 valence electrons. The van der Waals surface area contributed by atoms with E-state index >= 15 is 0 Å². The van der Waals surface area contributed by atoms with Gasteiger partial charge in [-0.3, -0.25) is 9.67 Å². The third-order valence-corrected chi connectivity index (χ3v) is 12.9. The second-order valence-electron chi connectivity index (χ2n) is 16.4. The van der Waals surface area contributed by atoms with E-state index in [0.29, 0.717) is 33.0 Å². The number of anilines is 1. The molecule has 0 aliphatic heterocycles. The van der Waals surface area contributed by atoms with Gasteiger partial charge < -0.3 is 20.3 Å². The number of carboxylic acid groups (broad SMARTS) is 1. The summed E-state index contributed by atoms with van der Waals surface area (Å²) in [6.45, 7) is 7.70. The van der Waals surface area contributed by atoms with Crippen LogP contribution in [0.3, 0.4) is 0 Å². The molecule has 4 aliphatic carbocycles. The van der Waals surface area contributed by atoms with Crippen molar-refractivity contribution in [3.63, 3.8) is 0 Å². The van der Waals surface area contributed by atoms with Gasteiger partial charge in [0.1, 0.15) is 0 Å². The predicted octanol–water partition coefficient (Wildman–Crippen LogP) is 8.65. The number of carbonyl (C=O) groups is 1. The van der Waals surface area contributed by atoms with E-state index < -0.39 is 12.2 Å². The fourth-order valence-corrected chi connectivity index (χ4v) is 12.0. The average Bonchev–Trinajstić information content (AvgIpc) is 3.67. The molecular formula is C41H42N6O4S. The van der Waals surface area contributed by atoms with Crippen LogP contribution in [0.4, 0.5) is 5.13 Å². The minimum atomic E-state index is -1.11. The maximum atomic E-state index is 12.8. The number of para-hydroxylation sites is 1. The molecule has 4 bridgehead atoms. The van der Waals surface area contributed by atoms with Gasteiger partial charge >= 0.3 is 5.97 Å². The number of thiazole rings is 1. The fourth-order valence-electron chi connectivity index (χ4n) is 11.1. The molecule has 6 aromatic rings. The fraction of sp³-hybridized carbons (Fsp3) is 0.390. The third-order valence-electron chi connectivity index (χ3n) is 12.0. The van der Waals surface area contributed by atoms with Crippen LogP contribution >= 0.6 is 11.3 Å². The molecule has 4 fully saturated rings. The Morgan fingerprint density at radius 2 is 1.75 bits per heavy atom. The number of aliphatic hydroxyl groups excluding tert-OH is 1. The standard InChI is InChI=1S/C41H42N6O4S/c1-24-29(16-43-47(24)23-40-18-38(2)17-39(3,19-40)21-41(20-38,22-40)51-4)26-10-12-30(44-34(26)36(49)50)25-9-11-31-28(15-25)27(13-14-42-31)35(48)46-37-45-32-7-5-6-8-33(32)52-37/h5-16,35,48H,17-23H2,1-4H3,(H,45,46)(H,49,50). The number of methoxy groups -OCH3 is 1. The van der Waals surface area contributed by atoms with E-state index in [-0.39, 0.29) is 27.5 Å². The molecule has 0 saturated heterocycles. The number of fused-ring (bicyclic) bond motifs is 2. The summed E-state index contributed by atoms with van der Waals surface area (Å²) >= 11 is 1.47. The number of ether oxygens (including phenoxy) is 1. The molecule has 0 radical (unpaired) electrons. The van der Waals surface area contributed by atoms with Crippen molar-refractivity contribution in [1.82, 2.24) is 24.7 Å². The second kappa shape index (κ2) is 11.6. The molecule has 4 aliphatic rings. The zero-order chi connectivity index (χ0) is 36.0. The minimum Gasteiger partial charge on any atom is -0.476 e. The number of nitrogens with one attached hydrogen (secondary N) is 1. The Kier molecular flexibility index (Phi) is 7.42. The van der Waals surface area contributed by atoms with E-state index in [2.05, 4.69) is 33.8 Å². The van der Waals surface area contributed by atoms with E-state index in [1.165, 1.54) is 17.8 Å². The van der Waals surface area contributed by atoms with Gasteiger partial charge in [-0.05, 0) is 104 Å². The molecule has 4 saturated carbocycles. The van der Waals surface area contributed by atoms with Crippen LogP contribution < -0.4 is 5.32 Å². The summed E-state index contributed by atoms with van der Waals surface area (Å²) in [6.07, 6.45) is 9.24. The van der Waals surface area contributed by atoms with Crippen molar-refractivity contribution < 1.29 is 19.7 Å². The van der Waals surface area contributed by atoms with E-state index in [1.54, 1.807) is 18.5 Å². The summed E-state index contributed by atoms with van der Waals surface area (Å²) < 4.78 is 9.40. The highest BCUT2D eigenvalue weighted by molar-refractivity contribution is 7.22. The lowest BCUT2D eigenvalue weighted by molar-refractivity contribution is -0.239. The number of benzene rings is 2. The van der Waals surface area contributed by atoms with Gasteiger partial charge in [-0.25, -0.2) is 14.8 Å². The monoisotopic (exact) mass is 714 g/mol. The van der Waals surface area contributed by atoms with E-state index in [0.717, 1.165) is 65.5 Å². The van der Waals surface area contributed by atoms with Crippen molar-refractivity contribution in [3.05, 3.63) is 90.0 Å². The Labute approximate surface area is 305 Å². The number of carboxylic acids is 1. The van der Waals surface area contributed by atoms with Gasteiger partial charge in [-0.15, -0.1) is 0 Å². The Morgan fingerprint density at radius 3 is 2.50 bits per heavy atom. The van der Waals surface area contributed by atoms with Crippen LogP contribution in [0.15, 0.2) is 73.1 Å². The van der Waals surface area contributed by atoms with Crippen LogP contribution in [-0.2, 0) is 11.3 Å². The lowest BCUT2D eigenvalue weighted by atomic mass is 9.39. The van der Waals surface area contributed by atoms with E-state index in [1.807, 2.05) is 68.6 Å². The van der Waals surface area contributed by atoms with Crippen LogP contribution in [0, 0.1) is 23.2 Å². The first-order valence-electron chi connectivity index (χ1n) is 17.9. The first kappa shape index (κ1) is 33.1. The molecule has 3 atom stereocenters. The number of aromatic nitrogens is 5. The highest BCUT2D eigenvalue weighted by atomic mass is 32.1. The van der Waals surface area contributed by atoms with Crippen molar-refractivity contribution in [1.29, 1.82) is 0 Å². The Hall–Kier alpha value is -4.71. The molecule has 3 N–H and O–H groups in total. The molecular weight excluding hydrogens is 673 g/mol. The van der Waals surface area contributed by atoms with Crippen LogP contribution in [-0.4, -0.2) is 53.6 Å². The van der Waals surface area contributed by atoms with Gasteiger partial charge in [0.05, 0.1) is 33.2 Å². The van der Waals surface area contributed by atoms with E-state index in [4.69, 9.17) is 14.8 Å². The smallest absolute Gasteiger partial charge is 0.355 e. The summed E-state index contributed by atoms with van der Waals surface area (Å²) in [4.78, 5) is 26.6. The summed E-state index contributed by atoms with van der Waals surface area (Å²) in [5.41, 5.74) is 6.14. The van der Waals surface area contributed by atoms with Gasteiger partial charge in [-0.1, -0.05) is 43.4 Å². The zero-order valence-corrected chi connectivity index (χ0v) is 30.6. The summed E-state index contributed by atoms with van der Waals surface area (Å²) in [6, 6.07) is 18.9. The van der Waals surface area contributed by atoms with Crippen molar-refractivity contribution in [2.45, 2.75) is 77.7 Å². The zero-order valence-electron chi connectivity index (χ0n) is 29.8. The molecule has 10 nitrogen and oxygen atoms in total. The molecule has 0 spiro atoms. The van der Waals surface area contributed by atoms with Crippen LogP contribution in [0.25, 0.3) is 43.5 Å². The molecule has 4 heterocycles. The number of hydrogen-bond acceptors (Lipinski definition) is 9. The first-order valence-corrected chi connectivity index (χ1v) is 18.7. The normalized spacial score (nSPS) is 27.0. The lowest BCUT2D eigenvalue weighted by Crippen LogP contribution is -2.64. The molecule has 3 unspecified atom stereocenters. The molecule has 0 amide bonds. The number of aromatic carboxylic acids is 1. The third kappa shape index (κ3) is 5.48. The van der Waals surface area contributed by atoms with Crippen LogP contribution in [0.5, 0.6) is 0 Å². The van der Waals surface area contributed by atoms with Gasteiger partial charge in [0, 0.05) is 53.2 Å². The summed E-state index contributed by atoms with van der Waals surface area (Å²) in [5.74, 6) is -1.11. The molecule has 10 rings (SSSR count). The Bertz CT molecular complexity index is 2350. The van der Waals surface area contributed by atoms with Gasteiger partial charge in [0.15, 0.2) is 17.1 Å². The summed E-state index contributed by atoms with van der Waals surface area (Å²) in [5, 5.41) is 31.1. The Balaban J connectivity index is 1.02. The van der Waals surface area contributed by atoms with Crippen molar-refractivity contribution in [2.24, 2.45) is 16.2 Å². The average molecular weight is 715 g/mol. The summed E-state index contributed by atoms with van der Waals surface area (Å²) in [7, 11) is 1.88. The van der Waals surface area contributed by atoms with Gasteiger partial charge in [0.2, 0.25) is 0 Å². The largest absolute Gasteiger partial charge is 0.476 e. The number of rotatable bonds is 9. The van der Waals surface area contributed by atoms with Gasteiger partial charge in [0.25, 0.3) is 0 Å². The number of pyridine rings is 2. The number of hydrogen-bond donors (Lipinski definition) is 3. The predicted molar refractivity (Wildman–Crippen MR) is 202 cm³/mol. The highest BCUT2D eigenvalue weighted by Gasteiger charge is 2.66. The Morgan fingerprint density at radius 1 is 0.962 bits per heavy atom. The molecule has 4 aromatic heterocycles. The lowest BCUT2D eigenvalue weighted by Gasteiger charge is -2.69. The van der Waals surface area contributed by atoms with Crippen molar-refractivity contribution in [3.8, 4) is 22.4 Å². The maximum absolute atomic E-state index is 12.8. The van der Waals surface area contributed by atoms with Crippen LogP contribution in [0.1, 0.15) is 80.3 Å². The second-order valence-corrected chi connectivity index (χ2v) is 17.5. The molecule has 2 aromatic carbocycles. The van der Waals surface area contributed by atoms with Crippen molar-refractivity contribution >= 4 is 43.6 Å². The maximum Gasteiger partial charge on any atom is 0.355 e. The SMILES string of the molecule is COC12CC3(C)CC(C)(CC(Cn4ncc(-c5ccc(-c6ccc7nccc(C(O)Nc8nc9ccccc9s8)c7c6)nc5C(=O)O)c4C)(C3)C1)C2. The quantitative estimate of drug-likeness (QED) is 0.126.